The highest BCUT2D eigenvalue weighted by molar-refractivity contribution is 7.85. The van der Waals surface area contributed by atoms with Gasteiger partial charge in [-0.15, -0.1) is 0 Å². The van der Waals surface area contributed by atoms with Crippen LogP contribution in [0.3, 0.4) is 0 Å². The van der Waals surface area contributed by atoms with Crippen LogP contribution in [0.5, 0.6) is 0 Å². The van der Waals surface area contributed by atoms with E-state index in [0.717, 1.165) is 12.1 Å². The number of carbonyl (C=O) groups is 1. The Morgan fingerprint density at radius 2 is 2.08 bits per heavy atom. The molecule has 1 aromatic carbocycles. The van der Waals surface area contributed by atoms with E-state index in [-0.39, 0.29) is 10.8 Å². The molecule has 0 aliphatic rings. The third-order valence-corrected chi connectivity index (χ3v) is 5.08. The quantitative estimate of drug-likeness (QED) is 0.834. The standard InChI is InChI=1S/C15H14ClF3N2O3S/c1-8-5-11(24-21-8)7-25(23)9(2)14(22)20-13-4-3-10(16)6-12(13)15(17,18)19/h3-6,9H,7H2,1-2H3,(H,20,22)/t9-,25+/m1/s1. The Morgan fingerprint density at radius 3 is 2.64 bits per heavy atom. The number of nitrogens with one attached hydrogen (secondary N) is 1. The summed E-state index contributed by atoms with van der Waals surface area (Å²) in [5.74, 6) is -0.539. The number of halogens is 4. The summed E-state index contributed by atoms with van der Waals surface area (Å²) in [6.07, 6.45) is -4.69. The van der Waals surface area contributed by atoms with Gasteiger partial charge in [-0.25, -0.2) is 0 Å². The second-order valence-corrected chi connectivity index (χ2v) is 7.47. The fourth-order valence-electron chi connectivity index (χ4n) is 1.96. The molecule has 10 heteroatoms. The maximum absolute atomic E-state index is 13.0. The molecule has 0 unspecified atom stereocenters. The van der Waals surface area contributed by atoms with Crippen molar-refractivity contribution < 1.29 is 26.7 Å². The van der Waals surface area contributed by atoms with Crippen molar-refractivity contribution in [2.75, 3.05) is 5.32 Å². The number of anilines is 1. The van der Waals surface area contributed by atoms with Crippen molar-refractivity contribution in [3.63, 3.8) is 0 Å². The number of aromatic nitrogens is 1. The third kappa shape index (κ3) is 5.05. The fraction of sp³-hybridized carbons (Fsp3) is 0.333. The Labute approximate surface area is 149 Å². The molecule has 2 aromatic rings. The first-order valence-electron chi connectivity index (χ1n) is 7.05. The number of hydrogen-bond donors (Lipinski definition) is 1. The zero-order valence-corrected chi connectivity index (χ0v) is 14.8. The molecule has 0 fully saturated rings. The van der Waals surface area contributed by atoms with E-state index in [1.165, 1.54) is 13.0 Å². The molecule has 0 radical (unpaired) electrons. The summed E-state index contributed by atoms with van der Waals surface area (Å²) in [4.78, 5) is 12.2. The smallest absolute Gasteiger partial charge is 0.360 e. The van der Waals surface area contributed by atoms with Gasteiger partial charge in [0.1, 0.15) is 11.0 Å². The summed E-state index contributed by atoms with van der Waals surface area (Å²) >= 11 is 5.59. The average molecular weight is 395 g/mol. The second-order valence-electron chi connectivity index (χ2n) is 5.28. The Hall–Kier alpha value is -1.87. The molecule has 0 saturated heterocycles. The van der Waals surface area contributed by atoms with Gasteiger partial charge in [0.15, 0.2) is 0 Å². The number of carbonyl (C=O) groups excluding carboxylic acids is 1. The second kappa shape index (κ2) is 7.57. The maximum atomic E-state index is 13.0. The number of alkyl halides is 3. The van der Waals surface area contributed by atoms with Crippen molar-refractivity contribution in [1.82, 2.24) is 5.16 Å². The summed E-state index contributed by atoms with van der Waals surface area (Å²) < 4.78 is 56.2. The number of amides is 1. The van der Waals surface area contributed by atoms with Gasteiger partial charge in [-0.05, 0) is 32.0 Å². The first-order chi connectivity index (χ1) is 11.6. The van der Waals surface area contributed by atoms with Crippen LogP contribution in [0.25, 0.3) is 0 Å². The van der Waals surface area contributed by atoms with Crippen molar-refractivity contribution in [1.29, 1.82) is 0 Å². The Morgan fingerprint density at radius 1 is 1.40 bits per heavy atom. The Kier molecular flexibility index (Phi) is 5.89. The van der Waals surface area contributed by atoms with E-state index in [1.54, 1.807) is 13.0 Å². The first-order valence-corrected chi connectivity index (χ1v) is 8.81. The van der Waals surface area contributed by atoms with Crippen LogP contribution in [0.1, 0.15) is 23.9 Å². The van der Waals surface area contributed by atoms with E-state index in [2.05, 4.69) is 10.5 Å². The summed E-state index contributed by atoms with van der Waals surface area (Å²) in [6, 6.07) is 4.57. The van der Waals surface area contributed by atoms with Crippen molar-refractivity contribution in [2.45, 2.75) is 31.0 Å². The predicted octanol–water partition coefficient (Wildman–Crippen LogP) is 3.93. The molecule has 1 N–H and O–H groups in total. The van der Waals surface area contributed by atoms with Crippen LogP contribution in [0.4, 0.5) is 18.9 Å². The zero-order chi connectivity index (χ0) is 18.8. The predicted molar refractivity (Wildman–Crippen MR) is 87.6 cm³/mol. The molecule has 0 spiro atoms. The lowest BCUT2D eigenvalue weighted by molar-refractivity contribution is -0.137. The minimum atomic E-state index is -4.69. The van der Waals surface area contributed by atoms with Gasteiger partial charge >= 0.3 is 6.18 Å². The lowest BCUT2D eigenvalue weighted by Gasteiger charge is -2.16. The largest absolute Gasteiger partial charge is 0.418 e. The van der Waals surface area contributed by atoms with Crippen molar-refractivity contribution in [3.8, 4) is 0 Å². The van der Waals surface area contributed by atoms with Gasteiger partial charge in [-0.3, -0.25) is 9.00 Å². The summed E-state index contributed by atoms with van der Waals surface area (Å²) in [5.41, 5.74) is -0.918. The fourth-order valence-corrected chi connectivity index (χ4v) is 3.10. The van der Waals surface area contributed by atoms with Crippen LogP contribution in [0, 0.1) is 6.92 Å². The maximum Gasteiger partial charge on any atom is 0.418 e. The molecule has 2 atom stereocenters. The van der Waals surface area contributed by atoms with E-state index in [9.17, 15) is 22.2 Å². The average Bonchev–Trinajstić information content (AvgIpc) is 2.92. The van der Waals surface area contributed by atoms with Gasteiger partial charge in [-0.1, -0.05) is 16.8 Å². The third-order valence-electron chi connectivity index (χ3n) is 3.27. The molecule has 0 bridgehead atoms. The highest BCUT2D eigenvalue weighted by atomic mass is 35.5. The highest BCUT2D eigenvalue weighted by Crippen LogP contribution is 2.36. The van der Waals surface area contributed by atoms with E-state index >= 15 is 0 Å². The minimum absolute atomic E-state index is 0.0673. The molecule has 136 valence electrons. The number of benzene rings is 1. The molecular formula is C15H14ClF3N2O3S. The van der Waals surface area contributed by atoms with Crippen LogP contribution in [0.15, 0.2) is 28.8 Å². The Balaban J connectivity index is 2.12. The normalized spacial score (nSPS) is 14.2. The van der Waals surface area contributed by atoms with E-state index in [0.29, 0.717) is 11.5 Å². The molecule has 1 aromatic heterocycles. The molecule has 1 amide bonds. The van der Waals surface area contributed by atoms with Gasteiger partial charge in [0.05, 0.1) is 22.7 Å². The van der Waals surface area contributed by atoms with Crippen LogP contribution >= 0.6 is 11.6 Å². The minimum Gasteiger partial charge on any atom is -0.360 e. The number of aryl methyl sites for hydroxylation is 1. The topological polar surface area (TPSA) is 72.2 Å². The zero-order valence-electron chi connectivity index (χ0n) is 13.2. The monoisotopic (exact) mass is 394 g/mol. The van der Waals surface area contributed by atoms with E-state index in [1.807, 2.05) is 0 Å². The van der Waals surface area contributed by atoms with Gasteiger partial charge in [0, 0.05) is 21.9 Å². The van der Waals surface area contributed by atoms with Gasteiger partial charge < -0.3 is 9.84 Å². The lowest BCUT2D eigenvalue weighted by atomic mass is 10.1. The SMILES string of the molecule is Cc1cc(C[S@](=O)[C@H](C)C(=O)Nc2ccc(Cl)cc2C(F)(F)F)on1. The summed E-state index contributed by atoms with van der Waals surface area (Å²) in [6.45, 7) is 3.04. The number of hydrogen-bond acceptors (Lipinski definition) is 4. The van der Waals surface area contributed by atoms with Gasteiger partial charge in [-0.2, -0.15) is 13.2 Å². The van der Waals surface area contributed by atoms with Crippen molar-refractivity contribution in [3.05, 3.63) is 46.3 Å². The van der Waals surface area contributed by atoms with Crippen molar-refractivity contribution >= 4 is 34.0 Å². The lowest BCUT2D eigenvalue weighted by Crippen LogP contribution is -2.30. The van der Waals surface area contributed by atoms with Crippen LogP contribution in [-0.4, -0.2) is 20.5 Å². The number of nitrogens with zero attached hydrogens (tertiary/aromatic N) is 1. The summed E-state index contributed by atoms with van der Waals surface area (Å²) in [5, 5.41) is 4.64. The molecule has 1 heterocycles. The molecule has 0 aliphatic heterocycles. The number of rotatable bonds is 5. The van der Waals surface area contributed by atoms with Crippen LogP contribution < -0.4 is 5.32 Å². The van der Waals surface area contributed by atoms with Crippen LogP contribution in [-0.2, 0) is 27.5 Å². The highest BCUT2D eigenvalue weighted by Gasteiger charge is 2.35. The molecule has 0 aliphatic carbocycles. The molecule has 2 rings (SSSR count). The van der Waals surface area contributed by atoms with E-state index in [4.69, 9.17) is 16.1 Å². The van der Waals surface area contributed by atoms with E-state index < -0.39 is 39.4 Å². The van der Waals surface area contributed by atoms with Crippen molar-refractivity contribution in [2.24, 2.45) is 0 Å². The molecule has 0 saturated carbocycles. The molecule has 25 heavy (non-hydrogen) atoms. The molecule has 5 nitrogen and oxygen atoms in total. The summed E-state index contributed by atoms with van der Waals surface area (Å²) in [7, 11) is -1.69. The van der Waals surface area contributed by atoms with Gasteiger partial charge in [0.2, 0.25) is 5.91 Å². The van der Waals surface area contributed by atoms with Gasteiger partial charge in [0.25, 0.3) is 0 Å². The molecular weight excluding hydrogens is 381 g/mol. The first kappa shape index (κ1) is 19.5. The Bertz CT molecular complexity index is 808. The van der Waals surface area contributed by atoms with Crippen LogP contribution in [0.2, 0.25) is 5.02 Å².